The molecular weight excluding hydrogens is 253 g/mol. The van der Waals surface area contributed by atoms with E-state index in [9.17, 15) is 23.4 Å². The average molecular weight is 260 g/mol. The van der Waals surface area contributed by atoms with Crippen molar-refractivity contribution in [1.82, 2.24) is 5.16 Å². The number of phenolic OH excluding ortho intramolecular Hbond substituents is 2. The Labute approximate surface area is 98.2 Å². The van der Waals surface area contributed by atoms with Crippen LogP contribution in [0.2, 0.25) is 0 Å². The molecule has 1 heterocycles. The van der Waals surface area contributed by atoms with Crippen molar-refractivity contribution in [2.75, 3.05) is 5.73 Å². The Morgan fingerprint density at radius 3 is 2.33 bits per heavy atom. The number of halogens is 3. The van der Waals surface area contributed by atoms with Crippen molar-refractivity contribution in [2.24, 2.45) is 0 Å². The second-order valence-electron chi connectivity index (χ2n) is 3.49. The highest BCUT2D eigenvalue weighted by Gasteiger charge is 2.36. The molecule has 18 heavy (non-hydrogen) atoms. The second-order valence-corrected chi connectivity index (χ2v) is 3.49. The molecule has 0 aliphatic carbocycles. The van der Waals surface area contributed by atoms with Crippen LogP contribution in [0.5, 0.6) is 11.5 Å². The molecule has 0 atom stereocenters. The van der Waals surface area contributed by atoms with Gasteiger partial charge in [-0.15, -0.1) is 0 Å². The molecule has 0 amide bonds. The van der Waals surface area contributed by atoms with Gasteiger partial charge in [-0.25, -0.2) is 0 Å². The van der Waals surface area contributed by atoms with E-state index < -0.39 is 23.2 Å². The summed E-state index contributed by atoms with van der Waals surface area (Å²) in [4.78, 5) is 0. The predicted octanol–water partition coefficient (Wildman–Crippen LogP) is 2.35. The molecule has 0 aliphatic rings. The van der Waals surface area contributed by atoms with Crippen molar-refractivity contribution < 1.29 is 27.9 Å². The molecule has 5 nitrogen and oxygen atoms in total. The van der Waals surface area contributed by atoms with E-state index >= 15 is 0 Å². The Morgan fingerprint density at radius 1 is 1.17 bits per heavy atom. The van der Waals surface area contributed by atoms with Gasteiger partial charge in [-0.05, 0) is 12.1 Å². The molecule has 4 N–H and O–H groups in total. The number of aromatic hydroxyl groups is 2. The topological polar surface area (TPSA) is 92.5 Å². The van der Waals surface area contributed by atoms with E-state index in [4.69, 9.17) is 5.73 Å². The Morgan fingerprint density at radius 2 is 1.83 bits per heavy atom. The monoisotopic (exact) mass is 260 g/mol. The van der Waals surface area contributed by atoms with Crippen LogP contribution < -0.4 is 5.73 Å². The molecule has 0 spiro atoms. The molecule has 0 saturated carbocycles. The maximum Gasteiger partial charge on any atom is 0.420 e. The van der Waals surface area contributed by atoms with E-state index in [1.54, 1.807) is 0 Å². The molecule has 0 unspecified atom stereocenters. The lowest BCUT2D eigenvalue weighted by atomic mass is 10.0. The SMILES string of the molecule is Nc1oncc1-c1cc(O)cc(C(F)(F)F)c1O. The van der Waals surface area contributed by atoms with Gasteiger partial charge in [0.2, 0.25) is 5.88 Å². The number of benzene rings is 1. The lowest BCUT2D eigenvalue weighted by Gasteiger charge is -2.12. The van der Waals surface area contributed by atoms with Crippen molar-refractivity contribution in [3.8, 4) is 22.6 Å². The number of anilines is 1. The summed E-state index contributed by atoms with van der Waals surface area (Å²) in [6, 6.07) is 1.36. The van der Waals surface area contributed by atoms with Gasteiger partial charge in [-0.1, -0.05) is 5.16 Å². The predicted molar refractivity (Wildman–Crippen MR) is 54.7 cm³/mol. The van der Waals surface area contributed by atoms with Crippen LogP contribution in [0.4, 0.5) is 19.1 Å². The fraction of sp³-hybridized carbons (Fsp3) is 0.100. The number of phenols is 2. The van der Waals surface area contributed by atoms with E-state index in [1.165, 1.54) is 0 Å². The van der Waals surface area contributed by atoms with Crippen LogP contribution >= 0.6 is 0 Å². The fourth-order valence-electron chi connectivity index (χ4n) is 1.49. The van der Waals surface area contributed by atoms with Gasteiger partial charge in [-0.2, -0.15) is 13.2 Å². The summed E-state index contributed by atoms with van der Waals surface area (Å²) in [7, 11) is 0. The molecule has 0 bridgehead atoms. The summed E-state index contributed by atoms with van der Waals surface area (Å²) in [5.41, 5.74) is 3.65. The Balaban J connectivity index is 2.70. The lowest BCUT2D eigenvalue weighted by Crippen LogP contribution is -2.05. The number of rotatable bonds is 1. The number of nitrogens with zero attached hydrogens (tertiary/aromatic N) is 1. The number of hydrogen-bond acceptors (Lipinski definition) is 5. The first-order chi connectivity index (χ1) is 8.30. The van der Waals surface area contributed by atoms with Crippen molar-refractivity contribution in [2.45, 2.75) is 6.18 Å². The minimum atomic E-state index is -4.80. The summed E-state index contributed by atoms with van der Waals surface area (Å²) < 4.78 is 42.3. The molecule has 1 aromatic heterocycles. The molecule has 0 fully saturated rings. The molecule has 96 valence electrons. The van der Waals surface area contributed by atoms with E-state index in [0.717, 1.165) is 12.3 Å². The number of nitrogens with two attached hydrogens (primary N) is 1. The minimum Gasteiger partial charge on any atom is -0.508 e. The molecule has 0 aliphatic heterocycles. The van der Waals surface area contributed by atoms with Gasteiger partial charge in [0.25, 0.3) is 0 Å². The molecule has 0 saturated heterocycles. The number of nitrogen functional groups attached to an aromatic ring is 1. The first kappa shape index (κ1) is 12.1. The molecular formula is C10H7F3N2O3. The Kier molecular flexibility index (Phi) is 2.57. The lowest BCUT2D eigenvalue weighted by molar-refractivity contribution is -0.138. The van der Waals surface area contributed by atoms with Crippen LogP contribution in [0.1, 0.15) is 5.56 Å². The van der Waals surface area contributed by atoms with Gasteiger partial charge in [0.15, 0.2) is 0 Å². The zero-order chi connectivity index (χ0) is 13.5. The molecule has 8 heteroatoms. The minimum absolute atomic E-state index is 0.0334. The summed E-state index contributed by atoms with van der Waals surface area (Å²) in [5.74, 6) is -1.96. The quantitative estimate of drug-likeness (QED) is 0.684. The second kappa shape index (κ2) is 3.83. The van der Waals surface area contributed by atoms with Crippen molar-refractivity contribution >= 4 is 5.88 Å². The van der Waals surface area contributed by atoms with Crippen LogP contribution in [-0.4, -0.2) is 15.4 Å². The summed E-state index contributed by atoms with van der Waals surface area (Å²) in [6.45, 7) is 0. The smallest absolute Gasteiger partial charge is 0.420 e. The third-order valence-corrected chi connectivity index (χ3v) is 2.29. The van der Waals surface area contributed by atoms with Crippen LogP contribution in [0, 0.1) is 0 Å². The summed E-state index contributed by atoms with van der Waals surface area (Å²) >= 11 is 0. The van der Waals surface area contributed by atoms with E-state index in [1.807, 2.05) is 0 Å². The largest absolute Gasteiger partial charge is 0.508 e. The standard InChI is InChI=1S/C10H7F3N2O3/c11-10(12,13)7-2-4(16)1-5(8(7)17)6-3-15-18-9(6)14/h1-3,16-17H,14H2. The highest BCUT2D eigenvalue weighted by atomic mass is 19.4. The Bertz CT molecular complexity index is 593. The van der Waals surface area contributed by atoms with Gasteiger partial charge in [0.1, 0.15) is 17.1 Å². The number of aromatic nitrogens is 1. The molecule has 1 aromatic carbocycles. The zero-order valence-corrected chi connectivity index (χ0v) is 8.69. The van der Waals surface area contributed by atoms with Crippen LogP contribution in [0.3, 0.4) is 0 Å². The van der Waals surface area contributed by atoms with Crippen molar-refractivity contribution in [3.05, 3.63) is 23.9 Å². The summed E-state index contributed by atoms with van der Waals surface area (Å²) in [5, 5.41) is 22.1. The van der Waals surface area contributed by atoms with Crippen LogP contribution in [-0.2, 0) is 6.18 Å². The van der Waals surface area contributed by atoms with E-state index in [-0.39, 0.29) is 17.0 Å². The first-order valence-corrected chi connectivity index (χ1v) is 4.64. The number of hydrogen-bond donors (Lipinski definition) is 3. The van der Waals surface area contributed by atoms with Crippen LogP contribution in [0.25, 0.3) is 11.1 Å². The van der Waals surface area contributed by atoms with Crippen LogP contribution in [0.15, 0.2) is 22.9 Å². The molecule has 2 aromatic rings. The van der Waals surface area contributed by atoms with E-state index in [0.29, 0.717) is 6.07 Å². The molecule has 0 radical (unpaired) electrons. The maximum atomic E-state index is 12.6. The third-order valence-electron chi connectivity index (χ3n) is 2.29. The normalized spacial score (nSPS) is 11.7. The van der Waals surface area contributed by atoms with Crippen molar-refractivity contribution in [1.29, 1.82) is 0 Å². The molecule has 2 rings (SSSR count). The van der Waals surface area contributed by atoms with Gasteiger partial charge in [0, 0.05) is 5.56 Å². The highest BCUT2D eigenvalue weighted by molar-refractivity contribution is 5.79. The maximum absolute atomic E-state index is 12.6. The fourth-order valence-corrected chi connectivity index (χ4v) is 1.49. The summed E-state index contributed by atoms with van der Waals surface area (Å²) in [6.07, 6.45) is -3.76. The van der Waals surface area contributed by atoms with E-state index in [2.05, 4.69) is 9.68 Å². The average Bonchev–Trinajstić information content (AvgIpc) is 2.66. The Hall–Kier alpha value is -2.38. The van der Waals surface area contributed by atoms with Gasteiger partial charge < -0.3 is 20.5 Å². The van der Waals surface area contributed by atoms with Gasteiger partial charge in [0.05, 0.1) is 11.8 Å². The van der Waals surface area contributed by atoms with Crippen molar-refractivity contribution in [3.63, 3.8) is 0 Å². The first-order valence-electron chi connectivity index (χ1n) is 4.64. The van der Waals surface area contributed by atoms with Gasteiger partial charge in [-0.3, -0.25) is 0 Å². The zero-order valence-electron chi connectivity index (χ0n) is 8.69. The van der Waals surface area contributed by atoms with Gasteiger partial charge >= 0.3 is 6.18 Å². The third kappa shape index (κ3) is 1.92. The number of alkyl halides is 3. The highest BCUT2D eigenvalue weighted by Crippen LogP contribution is 2.44.